The summed E-state index contributed by atoms with van der Waals surface area (Å²) >= 11 is 0. The van der Waals surface area contributed by atoms with Crippen LogP contribution in [0.5, 0.6) is 0 Å². The first kappa shape index (κ1) is 19.6. The summed E-state index contributed by atoms with van der Waals surface area (Å²) in [5, 5.41) is 6.78. The second-order valence-corrected chi connectivity index (χ2v) is 7.19. The molecule has 0 aliphatic carbocycles. The second kappa shape index (κ2) is 7.94. The van der Waals surface area contributed by atoms with Gasteiger partial charge in [0.2, 0.25) is 11.7 Å². The molecule has 8 nitrogen and oxygen atoms in total. The van der Waals surface area contributed by atoms with Crippen LogP contribution in [-0.4, -0.2) is 37.6 Å². The summed E-state index contributed by atoms with van der Waals surface area (Å²) in [7, 11) is 0. The number of nitrogens with one attached hydrogen (secondary N) is 1. The first-order chi connectivity index (χ1) is 14.4. The van der Waals surface area contributed by atoms with Crippen molar-refractivity contribution in [3.8, 4) is 0 Å². The standard InChI is InChI=1S/C21H20FN5O3/c1-14-5-7-17(8-6-14)23-18(28)13-27-21(30)26-10-9-25(20(29)19(26)24-27)12-15-3-2-4-16(22)11-15/h2-8,11H,9-10,12-13H2,1H3,(H,23,28). The molecule has 0 spiro atoms. The van der Waals surface area contributed by atoms with Crippen LogP contribution in [0.15, 0.2) is 53.3 Å². The summed E-state index contributed by atoms with van der Waals surface area (Å²) in [5.74, 6) is -1.25. The maximum atomic E-state index is 13.4. The fraction of sp³-hybridized carbons (Fsp3) is 0.238. The Balaban J connectivity index is 1.48. The molecule has 0 radical (unpaired) electrons. The maximum absolute atomic E-state index is 13.4. The van der Waals surface area contributed by atoms with Gasteiger partial charge in [-0.25, -0.2) is 13.9 Å². The second-order valence-electron chi connectivity index (χ2n) is 7.19. The molecule has 0 bridgehead atoms. The third-order valence-corrected chi connectivity index (χ3v) is 4.89. The fourth-order valence-electron chi connectivity index (χ4n) is 3.35. The van der Waals surface area contributed by atoms with Crippen molar-refractivity contribution in [2.24, 2.45) is 0 Å². The SMILES string of the molecule is Cc1ccc(NC(=O)Cn2nc3n(c2=O)CCN(Cc2cccc(F)c2)C3=O)cc1. The minimum atomic E-state index is -0.511. The van der Waals surface area contributed by atoms with Crippen LogP contribution in [0.4, 0.5) is 10.1 Å². The maximum Gasteiger partial charge on any atom is 0.346 e. The van der Waals surface area contributed by atoms with E-state index >= 15 is 0 Å². The zero-order valence-electron chi connectivity index (χ0n) is 16.3. The molecule has 0 saturated heterocycles. The number of amides is 2. The number of hydrogen-bond acceptors (Lipinski definition) is 4. The number of rotatable bonds is 5. The Morgan fingerprint density at radius 3 is 2.63 bits per heavy atom. The van der Waals surface area contributed by atoms with Crippen molar-refractivity contribution < 1.29 is 14.0 Å². The Hall–Kier alpha value is -3.75. The number of aryl methyl sites for hydroxylation is 1. The highest BCUT2D eigenvalue weighted by Crippen LogP contribution is 2.14. The largest absolute Gasteiger partial charge is 0.346 e. The van der Waals surface area contributed by atoms with Crippen molar-refractivity contribution in [3.05, 3.63) is 81.8 Å². The molecule has 0 saturated carbocycles. The number of benzene rings is 2. The van der Waals surface area contributed by atoms with Gasteiger partial charge < -0.3 is 10.2 Å². The molecule has 1 aromatic heterocycles. The Morgan fingerprint density at radius 2 is 1.90 bits per heavy atom. The van der Waals surface area contributed by atoms with Gasteiger partial charge in [-0.15, -0.1) is 5.10 Å². The Morgan fingerprint density at radius 1 is 1.13 bits per heavy atom. The number of carbonyl (C=O) groups excluding carboxylic acids is 2. The molecule has 0 unspecified atom stereocenters. The molecule has 1 N–H and O–H groups in total. The van der Waals surface area contributed by atoms with E-state index < -0.39 is 17.5 Å². The first-order valence-electron chi connectivity index (χ1n) is 9.48. The molecule has 154 valence electrons. The molecule has 0 fully saturated rings. The van der Waals surface area contributed by atoms with Crippen LogP contribution >= 0.6 is 0 Å². The monoisotopic (exact) mass is 409 g/mol. The van der Waals surface area contributed by atoms with Crippen LogP contribution in [-0.2, 0) is 24.4 Å². The summed E-state index contributed by atoms with van der Waals surface area (Å²) in [4.78, 5) is 39.1. The minimum absolute atomic E-state index is 0.0224. The average Bonchev–Trinajstić information content (AvgIpc) is 3.02. The smallest absolute Gasteiger partial charge is 0.330 e. The predicted molar refractivity (Wildman–Crippen MR) is 107 cm³/mol. The van der Waals surface area contributed by atoms with Crippen LogP contribution < -0.4 is 11.0 Å². The van der Waals surface area contributed by atoms with Gasteiger partial charge in [-0.2, -0.15) is 0 Å². The van der Waals surface area contributed by atoms with E-state index in [0.717, 1.165) is 10.2 Å². The van der Waals surface area contributed by atoms with Crippen LogP contribution in [0, 0.1) is 12.7 Å². The molecule has 1 aliphatic rings. The summed E-state index contributed by atoms with van der Waals surface area (Å²) in [6.45, 7) is 2.41. The molecule has 0 atom stereocenters. The van der Waals surface area contributed by atoms with Gasteiger partial charge in [0.05, 0.1) is 0 Å². The van der Waals surface area contributed by atoms with Crippen LogP contribution in [0.2, 0.25) is 0 Å². The number of nitrogens with zero attached hydrogens (tertiary/aromatic N) is 4. The van der Waals surface area contributed by atoms with E-state index in [9.17, 15) is 18.8 Å². The lowest BCUT2D eigenvalue weighted by atomic mass is 10.2. The molecule has 2 amide bonds. The summed E-state index contributed by atoms with van der Waals surface area (Å²) in [6, 6.07) is 13.3. The third-order valence-electron chi connectivity index (χ3n) is 4.89. The van der Waals surface area contributed by atoms with Crippen LogP contribution in [0.3, 0.4) is 0 Å². The molecule has 3 aromatic rings. The van der Waals surface area contributed by atoms with Crippen molar-refractivity contribution in [2.45, 2.75) is 26.6 Å². The third kappa shape index (κ3) is 4.00. The molecule has 9 heteroatoms. The summed E-state index contributed by atoms with van der Waals surface area (Å²) < 4.78 is 15.7. The van der Waals surface area contributed by atoms with Crippen molar-refractivity contribution in [1.29, 1.82) is 0 Å². The number of carbonyl (C=O) groups is 2. The van der Waals surface area contributed by atoms with E-state index in [1.54, 1.807) is 24.3 Å². The Bertz CT molecular complexity index is 1170. The molecule has 30 heavy (non-hydrogen) atoms. The van der Waals surface area contributed by atoms with Gasteiger partial charge in [0.25, 0.3) is 5.91 Å². The van der Waals surface area contributed by atoms with Gasteiger partial charge >= 0.3 is 5.69 Å². The van der Waals surface area contributed by atoms with Crippen molar-refractivity contribution >= 4 is 17.5 Å². The Labute approximate surface area is 171 Å². The molecular weight excluding hydrogens is 389 g/mol. The van der Waals surface area contributed by atoms with Crippen molar-refractivity contribution in [1.82, 2.24) is 19.2 Å². The molecule has 4 rings (SSSR count). The molecule has 2 aromatic carbocycles. The number of anilines is 1. The van der Waals surface area contributed by atoms with E-state index in [-0.39, 0.29) is 31.3 Å². The fourth-order valence-corrected chi connectivity index (χ4v) is 3.35. The van der Waals surface area contributed by atoms with Gasteiger partial charge in [0.15, 0.2) is 0 Å². The normalized spacial score (nSPS) is 13.3. The first-order valence-corrected chi connectivity index (χ1v) is 9.48. The lowest BCUT2D eigenvalue weighted by molar-refractivity contribution is -0.117. The highest BCUT2D eigenvalue weighted by Gasteiger charge is 2.30. The highest BCUT2D eigenvalue weighted by atomic mass is 19.1. The van der Waals surface area contributed by atoms with Gasteiger partial charge in [-0.1, -0.05) is 29.8 Å². The van der Waals surface area contributed by atoms with E-state index in [1.807, 2.05) is 19.1 Å². The van der Waals surface area contributed by atoms with E-state index in [0.29, 0.717) is 17.8 Å². The Kier molecular flexibility index (Phi) is 5.18. The van der Waals surface area contributed by atoms with Gasteiger partial charge in [0.1, 0.15) is 12.4 Å². The summed E-state index contributed by atoms with van der Waals surface area (Å²) in [6.07, 6.45) is 0. The zero-order valence-corrected chi connectivity index (χ0v) is 16.3. The van der Waals surface area contributed by atoms with Crippen LogP contribution in [0.1, 0.15) is 21.7 Å². The van der Waals surface area contributed by atoms with Crippen LogP contribution in [0.25, 0.3) is 0 Å². The quantitative estimate of drug-likeness (QED) is 0.696. The molecule has 2 heterocycles. The number of halogens is 1. The summed E-state index contributed by atoms with van der Waals surface area (Å²) in [5.41, 5.74) is 1.81. The number of fused-ring (bicyclic) bond motifs is 1. The molecular formula is C21H20FN5O3. The predicted octanol–water partition coefficient (Wildman–Crippen LogP) is 1.79. The van der Waals surface area contributed by atoms with Gasteiger partial charge in [-0.05, 0) is 36.8 Å². The lowest BCUT2D eigenvalue weighted by Gasteiger charge is -2.26. The molecule has 1 aliphatic heterocycles. The highest BCUT2D eigenvalue weighted by molar-refractivity contribution is 5.92. The van der Waals surface area contributed by atoms with E-state index in [1.165, 1.54) is 21.6 Å². The van der Waals surface area contributed by atoms with Crippen molar-refractivity contribution in [3.63, 3.8) is 0 Å². The zero-order chi connectivity index (χ0) is 21.3. The van der Waals surface area contributed by atoms with E-state index in [4.69, 9.17) is 0 Å². The average molecular weight is 409 g/mol. The van der Waals surface area contributed by atoms with Crippen molar-refractivity contribution in [2.75, 3.05) is 11.9 Å². The number of aromatic nitrogens is 3. The topological polar surface area (TPSA) is 89.2 Å². The van der Waals surface area contributed by atoms with E-state index in [2.05, 4.69) is 10.4 Å². The minimum Gasteiger partial charge on any atom is -0.330 e. The van der Waals surface area contributed by atoms with Gasteiger partial charge in [-0.3, -0.25) is 14.2 Å². The number of hydrogen-bond donors (Lipinski definition) is 1. The van der Waals surface area contributed by atoms with Gasteiger partial charge in [0, 0.05) is 25.3 Å². The lowest BCUT2D eigenvalue weighted by Crippen LogP contribution is -2.42.